The van der Waals surface area contributed by atoms with Crippen molar-refractivity contribution in [3.63, 3.8) is 0 Å². The summed E-state index contributed by atoms with van der Waals surface area (Å²) >= 11 is 0. The molecule has 0 bridgehead atoms. The molecule has 20 heavy (non-hydrogen) atoms. The fourth-order valence-corrected chi connectivity index (χ4v) is 1.56. The number of phenols is 1. The van der Waals surface area contributed by atoms with Crippen molar-refractivity contribution in [3.8, 4) is 5.75 Å². The number of furan rings is 1. The lowest BCUT2D eigenvalue weighted by Crippen LogP contribution is -2.28. The van der Waals surface area contributed by atoms with Crippen molar-refractivity contribution in [2.24, 2.45) is 0 Å². The minimum absolute atomic E-state index is 0.0972. The highest BCUT2D eigenvalue weighted by Crippen LogP contribution is 2.21. The number of nitrogens with one attached hydrogen (secondary N) is 2. The van der Waals surface area contributed by atoms with E-state index in [-0.39, 0.29) is 23.5 Å². The summed E-state index contributed by atoms with van der Waals surface area (Å²) in [5.41, 5.74) is 0.688. The number of phenolic OH excluding ortho intramolecular Hbond substituents is 1. The smallest absolute Gasteiger partial charge is 0.337 e. The number of carbonyl (C=O) groups is 2. The zero-order chi connectivity index (χ0) is 14.5. The first-order valence-corrected chi connectivity index (χ1v) is 5.68. The van der Waals surface area contributed by atoms with Crippen LogP contribution in [-0.4, -0.2) is 22.2 Å². The van der Waals surface area contributed by atoms with Gasteiger partial charge in [0, 0.05) is 12.1 Å². The summed E-state index contributed by atoms with van der Waals surface area (Å²) < 4.78 is 4.85. The normalized spacial score (nSPS) is 10.0. The van der Waals surface area contributed by atoms with Crippen LogP contribution in [0.15, 0.2) is 41.2 Å². The molecule has 0 saturated heterocycles. The maximum atomic E-state index is 11.7. The van der Waals surface area contributed by atoms with Gasteiger partial charge in [0.05, 0.1) is 23.8 Å². The van der Waals surface area contributed by atoms with Gasteiger partial charge in [-0.3, -0.25) is 0 Å². The van der Waals surface area contributed by atoms with Gasteiger partial charge in [-0.25, -0.2) is 9.59 Å². The highest BCUT2D eigenvalue weighted by molar-refractivity contribution is 6.00. The molecule has 2 aromatic rings. The molecule has 0 saturated carbocycles. The van der Waals surface area contributed by atoms with E-state index in [1.54, 1.807) is 6.07 Å². The molecule has 0 spiro atoms. The van der Waals surface area contributed by atoms with E-state index in [4.69, 9.17) is 9.52 Å². The second kappa shape index (κ2) is 5.79. The summed E-state index contributed by atoms with van der Waals surface area (Å²) in [6.07, 6.45) is 2.97. The highest BCUT2D eigenvalue weighted by Gasteiger charge is 2.13. The van der Waals surface area contributed by atoms with E-state index >= 15 is 0 Å². The SMILES string of the molecule is O=C(NCc1ccoc1)Nc1ccc(O)cc1C(=O)O. The lowest BCUT2D eigenvalue weighted by Gasteiger charge is -2.09. The Balaban J connectivity index is 2.02. The summed E-state index contributed by atoms with van der Waals surface area (Å²) in [5, 5.41) is 23.2. The molecular weight excluding hydrogens is 264 g/mol. The van der Waals surface area contributed by atoms with Crippen molar-refractivity contribution in [1.82, 2.24) is 5.32 Å². The van der Waals surface area contributed by atoms with Crippen molar-refractivity contribution in [2.45, 2.75) is 6.54 Å². The third-order valence-corrected chi connectivity index (χ3v) is 2.51. The zero-order valence-electron chi connectivity index (χ0n) is 10.3. The first kappa shape index (κ1) is 13.5. The van der Waals surface area contributed by atoms with Crippen molar-refractivity contribution in [2.75, 3.05) is 5.32 Å². The number of urea groups is 1. The number of anilines is 1. The quantitative estimate of drug-likeness (QED) is 0.638. The molecule has 0 radical (unpaired) electrons. The maximum absolute atomic E-state index is 11.7. The van der Waals surface area contributed by atoms with Crippen LogP contribution in [0.1, 0.15) is 15.9 Å². The molecule has 1 aromatic carbocycles. The Morgan fingerprint density at radius 3 is 2.70 bits per heavy atom. The summed E-state index contributed by atoms with van der Waals surface area (Å²) in [4.78, 5) is 22.7. The topological polar surface area (TPSA) is 112 Å². The van der Waals surface area contributed by atoms with E-state index in [1.165, 1.54) is 24.7 Å². The van der Waals surface area contributed by atoms with Crippen LogP contribution < -0.4 is 10.6 Å². The maximum Gasteiger partial charge on any atom is 0.337 e. The molecule has 0 aliphatic carbocycles. The van der Waals surface area contributed by atoms with Crippen LogP contribution >= 0.6 is 0 Å². The van der Waals surface area contributed by atoms with E-state index in [9.17, 15) is 14.7 Å². The predicted octanol–water partition coefficient (Wildman–Crippen LogP) is 2.01. The average Bonchev–Trinajstić information content (AvgIpc) is 2.91. The van der Waals surface area contributed by atoms with Gasteiger partial charge in [0.2, 0.25) is 0 Å². The van der Waals surface area contributed by atoms with Gasteiger partial charge in [0.1, 0.15) is 5.75 Å². The van der Waals surface area contributed by atoms with Crippen LogP contribution in [0.2, 0.25) is 0 Å². The van der Waals surface area contributed by atoms with Crippen LogP contribution in [-0.2, 0) is 6.54 Å². The third-order valence-electron chi connectivity index (χ3n) is 2.51. The fourth-order valence-electron chi connectivity index (χ4n) is 1.56. The minimum Gasteiger partial charge on any atom is -0.508 e. The predicted molar refractivity (Wildman–Crippen MR) is 69.6 cm³/mol. The van der Waals surface area contributed by atoms with Crippen molar-refractivity contribution >= 4 is 17.7 Å². The van der Waals surface area contributed by atoms with Crippen LogP contribution in [0.3, 0.4) is 0 Å². The standard InChI is InChI=1S/C13H12N2O5/c16-9-1-2-11(10(5-9)12(17)18)15-13(19)14-6-8-3-4-20-7-8/h1-5,7,16H,6H2,(H,17,18)(H2,14,15,19). The first-order valence-electron chi connectivity index (χ1n) is 5.68. The number of hydrogen-bond donors (Lipinski definition) is 4. The third kappa shape index (κ3) is 3.29. The lowest BCUT2D eigenvalue weighted by molar-refractivity contribution is 0.0697. The van der Waals surface area contributed by atoms with E-state index < -0.39 is 12.0 Å². The van der Waals surface area contributed by atoms with Gasteiger partial charge < -0.3 is 25.3 Å². The molecule has 0 unspecified atom stereocenters. The molecule has 1 aromatic heterocycles. The van der Waals surface area contributed by atoms with Gasteiger partial charge >= 0.3 is 12.0 Å². The molecule has 1 heterocycles. The summed E-state index contributed by atoms with van der Waals surface area (Å²) in [5.74, 6) is -1.43. The van der Waals surface area contributed by atoms with Crippen molar-refractivity contribution in [1.29, 1.82) is 0 Å². The molecule has 4 N–H and O–H groups in total. The molecule has 0 fully saturated rings. The van der Waals surface area contributed by atoms with Crippen molar-refractivity contribution in [3.05, 3.63) is 47.9 Å². The molecule has 7 nitrogen and oxygen atoms in total. The highest BCUT2D eigenvalue weighted by atomic mass is 16.4. The Labute approximate surface area is 113 Å². The Morgan fingerprint density at radius 2 is 2.05 bits per heavy atom. The molecule has 104 valence electrons. The monoisotopic (exact) mass is 276 g/mol. The molecular formula is C13H12N2O5. The second-order valence-electron chi connectivity index (χ2n) is 3.97. The van der Waals surface area contributed by atoms with Crippen molar-refractivity contribution < 1.29 is 24.2 Å². The number of benzene rings is 1. The molecule has 0 atom stereocenters. The number of carboxylic acids is 1. The number of carbonyl (C=O) groups excluding carboxylic acids is 1. The summed E-state index contributed by atoms with van der Waals surface area (Å²) in [6, 6.07) is 4.81. The molecule has 2 rings (SSSR count). The molecule has 0 aliphatic heterocycles. The number of carboxylic acid groups (broad SMARTS) is 1. The molecule has 0 aliphatic rings. The Kier molecular flexibility index (Phi) is 3.90. The first-order chi connectivity index (χ1) is 9.56. The van der Waals surface area contributed by atoms with E-state index in [0.717, 1.165) is 11.6 Å². The van der Waals surface area contributed by atoms with Crippen LogP contribution in [0.5, 0.6) is 5.75 Å². The Hall–Kier alpha value is -2.96. The van der Waals surface area contributed by atoms with Gasteiger partial charge in [-0.2, -0.15) is 0 Å². The van der Waals surface area contributed by atoms with Crippen LogP contribution in [0.4, 0.5) is 10.5 Å². The Bertz CT molecular complexity index is 622. The van der Waals surface area contributed by atoms with Gasteiger partial charge in [-0.1, -0.05) is 0 Å². The summed E-state index contributed by atoms with van der Waals surface area (Å²) in [7, 11) is 0. The number of hydrogen-bond acceptors (Lipinski definition) is 4. The number of aromatic carboxylic acids is 1. The lowest BCUT2D eigenvalue weighted by atomic mass is 10.1. The van der Waals surface area contributed by atoms with Gasteiger partial charge in [0.25, 0.3) is 0 Å². The van der Waals surface area contributed by atoms with E-state index in [2.05, 4.69) is 10.6 Å². The second-order valence-corrected chi connectivity index (χ2v) is 3.97. The summed E-state index contributed by atoms with van der Waals surface area (Å²) in [6.45, 7) is 0.253. The average molecular weight is 276 g/mol. The van der Waals surface area contributed by atoms with Gasteiger partial charge in [-0.05, 0) is 24.3 Å². The zero-order valence-corrected chi connectivity index (χ0v) is 10.3. The van der Waals surface area contributed by atoms with Gasteiger partial charge in [0.15, 0.2) is 0 Å². The fraction of sp³-hybridized carbons (Fsp3) is 0.0769. The van der Waals surface area contributed by atoms with E-state index in [0.29, 0.717) is 0 Å². The largest absolute Gasteiger partial charge is 0.508 e. The number of aromatic hydroxyl groups is 1. The molecule has 2 amide bonds. The van der Waals surface area contributed by atoms with Crippen LogP contribution in [0, 0.1) is 0 Å². The van der Waals surface area contributed by atoms with E-state index in [1.807, 2.05) is 0 Å². The number of rotatable bonds is 4. The number of amides is 2. The van der Waals surface area contributed by atoms with Crippen LogP contribution in [0.25, 0.3) is 0 Å². The van der Waals surface area contributed by atoms with Gasteiger partial charge in [-0.15, -0.1) is 0 Å². The minimum atomic E-state index is -1.24. The Morgan fingerprint density at radius 1 is 1.25 bits per heavy atom. The molecule has 7 heteroatoms.